The quantitative estimate of drug-likeness (QED) is 0.666. The fraction of sp³-hybridized carbons (Fsp3) is 0.917. The van der Waals surface area contributed by atoms with Crippen molar-refractivity contribution in [2.24, 2.45) is 5.41 Å². The summed E-state index contributed by atoms with van der Waals surface area (Å²) in [5.41, 5.74) is -0.900. The number of hydrogen-bond acceptors (Lipinski definition) is 2. The minimum absolute atomic E-state index is 0.0143. The summed E-state index contributed by atoms with van der Waals surface area (Å²) in [5.74, 6) is 0. The molecule has 16 heavy (non-hydrogen) atoms. The Bertz CT molecular complexity index is 294. The molecule has 0 spiro atoms. The lowest BCUT2D eigenvalue weighted by molar-refractivity contribution is -0.114. The van der Waals surface area contributed by atoms with Crippen LogP contribution in [0.5, 0.6) is 0 Å². The van der Waals surface area contributed by atoms with E-state index in [-0.39, 0.29) is 17.5 Å². The van der Waals surface area contributed by atoms with E-state index < -0.39 is 11.7 Å². The Hall–Kier alpha value is -0.770. The summed E-state index contributed by atoms with van der Waals surface area (Å²) < 4.78 is 0. The predicted octanol–water partition coefficient (Wildman–Crippen LogP) is 2.07. The van der Waals surface area contributed by atoms with Crippen molar-refractivity contribution < 1.29 is 15.0 Å². The molecule has 0 unspecified atom stereocenters. The molecule has 2 aliphatic heterocycles. The van der Waals surface area contributed by atoms with E-state index in [0.29, 0.717) is 12.8 Å². The van der Waals surface area contributed by atoms with Crippen molar-refractivity contribution in [3.05, 3.63) is 0 Å². The number of rotatable bonds is 0. The minimum atomic E-state index is -0.830. The van der Waals surface area contributed by atoms with Crippen LogP contribution in [0.1, 0.15) is 46.5 Å². The number of aliphatic hydroxyl groups is 1. The molecule has 2 bridgehead atoms. The van der Waals surface area contributed by atoms with Crippen LogP contribution in [0.2, 0.25) is 0 Å². The minimum Gasteiger partial charge on any atom is -0.465 e. The molecule has 2 fully saturated rings. The highest BCUT2D eigenvalue weighted by Gasteiger charge is 2.53. The smallest absolute Gasteiger partial charge is 0.407 e. The summed E-state index contributed by atoms with van der Waals surface area (Å²) in [7, 11) is 0. The van der Waals surface area contributed by atoms with Crippen molar-refractivity contribution in [2.45, 2.75) is 64.1 Å². The van der Waals surface area contributed by atoms with Gasteiger partial charge in [-0.1, -0.05) is 20.8 Å². The van der Waals surface area contributed by atoms with Crippen LogP contribution in [0.15, 0.2) is 0 Å². The molecule has 4 heteroatoms. The first-order chi connectivity index (χ1) is 7.24. The van der Waals surface area contributed by atoms with Gasteiger partial charge in [0.2, 0.25) is 0 Å². The van der Waals surface area contributed by atoms with Gasteiger partial charge in [-0.2, -0.15) is 0 Å². The molecule has 0 aromatic carbocycles. The molecule has 2 aliphatic rings. The first-order valence-electron chi connectivity index (χ1n) is 5.98. The molecule has 0 aromatic rings. The molecule has 0 aliphatic carbocycles. The molecule has 1 amide bonds. The van der Waals surface area contributed by atoms with Gasteiger partial charge >= 0.3 is 6.09 Å². The van der Waals surface area contributed by atoms with E-state index in [2.05, 4.69) is 0 Å². The van der Waals surface area contributed by atoms with E-state index in [1.165, 1.54) is 0 Å². The second-order valence-corrected chi connectivity index (χ2v) is 6.26. The number of piperidine rings is 1. The van der Waals surface area contributed by atoms with Crippen LogP contribution in [-0.2, 0) is 0 Å². The van der Waals surface area contributed by atoms with Gasteiger partial charge in [0.15, 0.2) is 0 Å². The number of amides is 1. The van der Waals surface area contributed by atoms with Crippen LogP contribution < -0.4 is 0 Å². The lowest BCUT2D eigenvalue weighted by Crippen LogP contribution is -2.57. The Labute approximate surface area is 96.3 Å². The van der Waals surface area contributed by atoms with E-state index in [4.69, 9.17) is 5.11 Å². The zero-order valence-electron chi connectivity index (χ0n) is 10.2. The van der Waals surface area contributed by atoms with Gasteiger partial charge in [-0.25, -0.2) is 4.79 Å². The van der Waals surface area contributed by atoms with Gasteiger partial charge in [0.1, 0.15) is 0 Å². The lowest BCUT2D eigenvalue weighted by atomic mass is 9.69. The van der Waals surface area contributed by atoms with Crippen LogP contribution in [0, 0.1) is 5.41 Å². The van der Waals surface area contributed by atoms with E-state index >= 15 is 0 Å². The Balaban J connectivity index is 2.22. The molecule has 0 saturated carbocycles. The third kappa shape index (κ3) is 1.59. The largest absolute Gasteiger partial charge is 0.465 e. The van der Waals surface area contributed by atoms with Gasteiger partial charge < -0.3 is 15.1 Å². The number of carboxylic acid groups (broad SMARTS) is 1. The van der Waals surface area contributed by atoms with Crippen molar-refractivity contribution in [3.63, 3.8) is 0 Å². The van der Waals surface area contributed by atoms with Crippen molar-refractivity contribution in [1.29, 1.82) is 0 Å². The molecular weight excluding hydrogens is 206 g/mol. The number of nitrogens with zero attached hydrogens (tertiary/aromatic N) is 1. The first kappa shape index (κ1) is 11.7. The molecule has 3 atom stereocenters. The Morgan fingerprint density at radius 2 is 1.69 bits per heavy atom. The van der Waals surface area contributed by atoms with Gasteiger partial charge in [-0.15, -0.1) is 0 Å². The summed E-state index contributed by atoms with van der Waals surface area (Å²) in [6, 6.07) is 0.0287. The number of hydrogen-bond donors (Lipinski definition) is 2. The third-order valence-corrected chi connectivity index (χ3v) is 4.38. The Kier molecular flexibility index (Phi) is 2.46. The Morgan fingerprint density at radius 1 is 1.25 bits per heavy atom. The third-order valence-electron chi connectivity index (χ3n) is 4.38. The number of carbonyl (C=O) groups is 1. The van der Waals surface area contributed by atoms with Gasteiger partial charge in [-0.3, -0.25) is 0 Å². The zero-order chi connectivity index (χ0) is 12.1. The molecule has 2 saturated heterocycles. The maximum atomic E-state index is 11.1. The van der Waals surface area contributed by atoms with Gasteiger partial charge in [0.25, 0.3) is 0 Å². The Morgan fingerprint density at radius 3 is 2.00 bits per heavy atom. The van der Waals surface area contributed by atoms with Crippen molar-refractivity contribution in [1.82, 2.24) is 4.90 Å². The molecule has 0 radical (unpaired) electrons. The van der Waals surface area contributed by atoms with Crippen molar-refractivity contribution >= 4 is 6.09 Å². The zero-order valence-corrected chi connectivity index (χ0v) is 10.2. The normalized spacial score (nSPS) is 38.9. The highest BCUT2D eigenvalue weighted by atomic mass is 16.4. The summed E-state index contributed by atoms with van der Waals surface area (Å²) >= 11 is 0. The van der Waals surface area contributed by atoms with Crippen LogP contribution in [0.3, 0.4) is 0 Å². The molecule has 4 nitrogen and oxygen atoms in total. The second-order valence-electron chi connectivity index (χ2n) is 6.26. The van der Waals surface area contributed by atoms with Crippen LogP contribution >= 0.6 is 0 Å². The lowest BCUT2D eigenvalue weighted by Gasteiger charge is -2.49. The van der Waals surface area contributed by atoms with Crippen LogP contribution in [-0.4, -0.2) is 38.9 Å². The molecule has 2 heterocycles. The molecule has 2 N–H and O–H groups in total. The monoisotopic (exact) mass is 227 g/mol. The fourth-order valence-electron chi connectivity index (χ4n) is 3.15. The van der Waals surface area contributed by atoms with E-state index in [9.17, 15) is 9.90 Å². The van der Waals surface area contributed by atoms with Crippen LogP contribution in [0.25, 0.3) is 0 Å². The topological polar surface area (TPSA) is 60.8 Å². The maximum absolute atomic E-state index is 11.1. The SMILES string of the molecule is CC(C)(C)[C@@]1(O)C[C@H]2CC[C@@H](C1)N2C(=O)O. The van der Waals surface area contributed by atoms with E-state index in [1.807, 2.05) is 20.8 Å². The molecule has 2 rings (SSSR count). The summed E-state index contributed by atoms with van der Waals surface area (Å²) in [4.78, 5) is 12.7. The van der Waals surface area contributed by atoms with Crippen molar-refractivity contribution in [2.75, 3.05) is 0 Å². The fourth-order valence-corrected chi connectivity index (χ4v) is 3.15. The van der Waals surface area contributed by atoms with Gasteiger partial charge in [0.05, 0.1) is 5.60 Å². The summed E-state index contributed by atoms with van der Waals surface area (Å²) in [6.45, 7) is 6.09. The highest BCUT2D eigenvalue weighted by molar-refractivity contribution is 5.66. The average molecular weight is 227 g/mol. The highest BCUT2D eigenvalue weighted by Crippen LogP contribution is 2.48. The van der Waals surface area contributed by atoms with Crippen molar-refractivity contribution in [3.8, 4) is 0 Å². The maximum Gasteiger partial charge on any atom is 0.407 e. The van der Waals surface area contributed by atoms with Crippen LogP contribution in [0.4, 0.5) is 4.79 Å². The number of fused-ring (bicyclic) bond motifs is 2. The second kappa shape index (κ2) is 3.36. The molecular formula is C12H21NO3. The molecule has 92 valence electrons. The first-order valence-corrected chi connectivity index (χ1v) is 5.98. The van der Waals surface area contributed by atoms with Gasteiger partial charge in [-0.05, 0) is 31.1 Å². The predicted molar refractivity (Wildman–Crippen MR) is 60.3 cm³/mol. The van der Waals surface area contributed by atoms with E-state index in [0.717, 1.165) is 12.8 Å². The average Bonchev–Trinajstić information content (AvgIpc) is 2.37. The molecule has 0 aromatic heterocycles. The van der Waals surface area contributed by atoms with E-state index in [1.54, 1.807) is 4.90 Å². The standard InChI is InChI=1S/C12H21NO3/c1-11(2,3)12(16)6-8-4-5-9(7-12)13(8)10(14)15/h8-9,16H,4-7H2,1-3H3,(H,14,15)/t8-,9+,12-. The van der Waals surface area contributed by atoms with Gasteiger partial charge in [0, 0.05) is 12.1 Å². The summed E-state index contributed by atoms with van der Waals surface area (Å²) in [6.07, 6.45) is 2.13. The summed E-state index contributed by atoms with van der Waals surface area (Å²) in [5, 5.41) is 19.8.